The molecule has 1 atom stereocenters. The lowest BCUT2D eigenvalue weighted by Gasteiger charge is -2.38. The summed E-state index contributed by atoms with van der Waals surface area (Å²) in [6.07, 6.45) is 0.898. The topological polar surface area (TPSA) is 53.0 Å². The first-order chi connectivity index (χ1) is 10.2. The second-order valence-electron chi connectivity index (χ2n) is 5.17. The zero-order chi connectivity index (χ0) is 14.8. The summed E-state index contributed by atoms with van der Waals surface area (Å²) >= 11 is 0. The van der Waals surface area contributed by atoms with Gasteiger partial charge in [0.2, 0.25) is 0 Å². The summed E-state index contributed by atoms with van der Waals surface area (Å²) in [5, 5.41) is 9.25. The summed E-state index contributed by atoms with van der Waals surface area (Å²) in [5.74, 6) is -0.392. The van der Waals surface area contributed by atoms with Crippen molar-refractivity contribution in [2.24, 2.45) is 5.73 Å². The molecule has 1 heterocycles. The van der Waals surface area contributed by atoms with Crippen molar-refractivity contribution in [3.8, 4) is 6.07 Å². The van der Waals surface area contributed by atoms with Crippen LogP contribution < -0.4 is 10.6 Å². The molecule has 0 saturated heterocycles. The number of halogens is 1. The van der Waals surface area contributed by atoms with Crippen LogP contribution in [0.4, 0.5) is 10.1 Å². The summed E-state index contributed by atoms with van der Waals surface area (Å²) in [6.45, 7) is 1.23. The highest BCUT2D eigenvalue weighted by molar-refractivity contribution is 5.62. The van der Waals surface area contributed by atoms with Gasteiger partial charge in [0.1, 0.15) is 11.9 Å². The van der Waals surface area contributed by atoms with Gasteiger partial charge in [-0.3, -0.25) is 0 Å². The van der Waals surface area contributed by atoms with Crippen LogP contribution >= 0.6 is 0 Å². The minimum absolute atomic E-state index is 0.0208. The number of anilines is 1. The van der Waals surface area contributed by atoms with Gasteiger partial charge < -0.3 is 10.6 Å². The van der Waals surface area contributed by atoms with E-state index in [9.17, 15) is 9.65 Å². The van der Waals surface area contributed by atoms with Crippen LogP contribution in [0.2, 0.25) is 0 Å². The third kappa shape index (κ3) is 2.37. The van der Waals surface area contributed by atoms with Crippen LogP contribution in [0, 0.1) is 17.1 Å². The second kappa shape index (κ2) is 5.55. The lowest BCUT2D eigenvalue weighted by Crippen LogP contribution is -2.39. The molecule has 0 bridgehead atoms. The van der Waals surface area contributed by atoms with Crippen molar-refractivity contribution in [1.82, 2.24) is 0 Å². The Kier molecular flexibility index (Phi) is 3.59. The third-order valence-corrected chi connectivity index (χ3v) is 4.02. The van der Waals surface area contributed by atoms with Gasteiger partial charge in [-0.2, -0.15) is 5.26 Å². The highest BCUT2D eigenvalue weighted by atomic mass is 19.1. The molecule has 0 radical (unpaired) electrons. The van der Waals surface area contributed by atoms with E-state index in [2.05, 4.69) is 23.1 Å². The molecule has 0 aliphatic carbocycles. The maximum Gasteiger partial charge on any atom is 0.124 e. The normalized spacial score (nSPS) is 17.2. The standard InChI is InChI=1S/C17H16FN3/c18-14-5-6-16(13(9-14)10-19)21-8-7-12-3-1-2-4-15(12)17(21)11-20/h1-6,9,17H,7-8,11,20H2. The van der Waals surface area contributed by atoms with Crippen molar-refractivity contribution in [2.45, 2.75) is 12.5 Å². The maximum atomic E-state index is 13.3. The first-order valence-corrected chi connectivity index (χ1v) is 6.98. The van der Waals surface area contributed by atoms with Crippen LogP contribution in [0.5, 0.6) is 0 Å². The molecule has 0 fully saturated rings. The quantitative estimate of drug-likeness (QED) is 0.921. The van der Waals surface area contributed by atoms with Gasteiger partial charge in [-0.05, 0) is 35.7 Å². The van der Waals surface area contributed by atoms with E-state index < -0.39 is 5.82 Å². The van der Waals surface area contributed by atoms with E-state index in [1.54, 1.807) is 6.07 Å². The monoisotopic (exact) mass is 281 g/mol. The third-order valence-electron chi connectivity index (χ3n) is 4.02. The molecule has 0 amide bonds. The predicted octanol–water partition coefficient (Wildman–Crippen LogP) is 2.76. The van der Waals surface area contributed by atoms with Crippen molar-refractivity contribution >= 4 is 5.69 Å². The van der Waals surface area contributed by atoms with Gasteiger partial charge >= 0.3 is 0 Å². The molecule has 1 aliphatic rings. The van der Waals surface area contributed by atoms with Gasteiger partial charge in [0.05, 0.1) is 17.3 Å². The molecule has 1 aliphatic heterocycles. The molecule has 3 rings (SSSR count). The summed E-state index contributed by atoms with van der Waals surface area (Å²) < 4.78 is 13.3. The van der Waals surface area contributed by atoms with E-state index in [0.717, 1.165) is 18.7 Å². The van der Waals surface area contributed by atoms with Gasteiger partial charge in [0, 0.05) is 13.1 Å². The van der Waals surface area contributed by atoms with Crippen LogP contribution in [-0.4, -0.2) is 13.1 Å². The molecule has 2 aromatic carbocycles. The maximum absolute atomic E-state index is 13.3. The fraction of sp³-hybridized carbons (Fsp3) is 0.235. The number of nitrogens with two attached hydrogens (primary N) is 1. The molecule has 0 spiro atoms. The average Bonchev–Trinajstić information content (AvgIpc) is 2.53. The highest BCUT2D eigenvalue weighted by Crippen LogP contribution is 2.34. The van der Waals surface area contributed by atoms with Crippen molar-refractivity contribution in [3.63, 3.8) is 0 Å². The molecule has 1 unspecified atom stereocenters. The summed E-state index contributed by atoms with van der Waals surface area (Å²) in [7, 11) is 0. The minimum atomic E-state index is -0.392. The summed E-state index contributed by atoms with van der Waals surface area (Å²) in [5.41, 5.74) is 9.57. The Morgan fingerprint density at radius 2 is 2.10 bits per heavy atom. The second-order valence-corrected chi connectivity index (χ2v) is 5.17. The van der Waals surface area contributed by atoms with E-state index in [-0.39, 0.29) is 6.04 Å². The van der Waals surface area contributed by atoms with Gasteiger partial charge in [0.15, 0.2) is 0 Å². The number of hydrogen-bond donors (Lipinski definition) is 1. The van der Waals surface area contributed by atoms with Gasteiger partial charge in [-0.1, -0.05) is 24.3 Å². The van der Waals surface area contributed by atoms with E-state index in [1.165, 1.54) is 23.3 Å². The molecular weight excluding hydrogens is 265 g/mol. The van der Waals surface area contributed by atoms with Crippen LogP contribution in [0.1, 0.15) is 22.7 Å². The minimum Gasteiger partial charge on any atom is -0.362 e. The smallest absolute Gasteiger partial charge is 0.124 e. The Bertz CT molecular complexity index is 705. The van der Waals surface area contributed by atoms with Crippen molar-refractivity contribution < 1.29 is 4.39 Å². The first-order valence-electron chi connectivity index (χ1n) is 6.98. The number of fused-ring (bicyclic) bond motifs is 1. The lowest BCUT2D eigenvalue weighted by molar-refractivity contribution is 0.587. The van der Waals surface area contributed by atoms with E-state index in [1.807, 2.05) is 12.1 Å². The molecule has 0 aromatic heterocycles. The Balaban J connectivity index is 2.06. The largest absolute Gasteiger partial charge is 0.362 e. The Labute approximate surface area is 123 Å². The van der Waals surface area contributed by atoms with Gasteiger partial charge in [-0.25, -0.2) is 4.39 Å². The van der Waals surface area contributed by atoms with E-state index >= 15 is 0 Å². The molecule has 4 heteroatoms. The fourth-order valence-electron chi connectivity index (χ4n) is 3.04. The predicted molar refractivity (Wildman–Crippen MR) is 80.4 cm³/mol. The Hall–Kier alpha value is -2.38. The molecule has 3 nitrogen and oxygen atoms in total. The number of nitrogens with zero attached hydrogens (tertiary/aromatic N) is 2. The molecule has 106 valence electrons. The Morgan fingerprint density at radius 1 is 1.29 bits per heavy atom. The summed E-state index contributed by atoms with van der Waals surface area (Å²) in [4.78, 5) is 2.11. The van der Waals surface area contributed by atoms with E-state index in [4.69, 9.17) is 5.73 Å². The van der Waals surface area contributed by atoms with Gasteiger partial charge in [0.25, 0.3) is 0 Å². The number of hydrogen-bond acceptors (Lipinski definition) is 3. The van der Waals surface area contributed by atoms with Crippen LogP contribution in [0.3, 0.4) is 0 Å². The first kappa shape index (κ1) is 13.6. The van der Waals surface area contributed by atoms with Crippen molar-refractivity contribution in [1.29, 1.82) is 5.26 Å². The lowest BCUT2D eigenvalue weighted by atomic mass is 9.91. The SMILES string of the molecule is N#Cc1cc(F)ccc1N1CCc2ccccc2C1CN. The zero-order valence-corrected chi connectivity index (χ0v) is 11.6. The number of benzene rings is 2. The summed E-state index contributed by atoms with van der Waals surface area (Å²) in [6, 6.07) is 14.7. The van der Waals surface area contributed by atoms with E-state index in [0.29, 0.717) is 12.1 Å². The highest BCUT2D eigenvalue weighted by Gasteiger charge is 2.27. The van der Waals surface area contributed by atoms with Crippen LogP contribution in [0.15, 0.2) is 42.5 Å². The molecular formula is C17H16FN3. The van der Waals surface area contributed by atoms with Crippen LogP contribution in [-0.2, 0) is 6.42 Å². The van der Waals surface area contributed by atoms with Crippen LogP contribution in [0.25, 0.3) is 0 Å². The number of nitriles is 1. The molecule has 2 N–H and O–H groups in total. The van der Waals surface area contributed by atoms with Crippen molar-refractivity contribution in [2.75, 3.05) is 18.0 Å². The molecule has 2 aromatic rings. The molecule has 0 saturated carbocycles. The van der Waals surface area contributed by atoms with Crippen molar-refractivity contribution in [3.05, 3.63) is 65.0 Å². The zero-order valence-electron chi connectivity index (χ0n) is 11.6. The number of rotatable bonds is 2. The van der Waals surface area contributed by atoms with Gasteiger partial charge in [-0.15, -0.1) is 0 Å². The molecule has 21 heavy (non-hydrogen) atoms. The fourth-order valence-corrected chi connectivity index (χ4v) is 3.04. The Morgan fingerprint density at radius 3 is 2.86 bits per heavy atom. The average molecular weight is 281 g/mol.